The van der Waals surface area contributed by atoms with Crippen LogP contribution >= 0.6 is 11.6 Å². The second-order valence-corrected chi connectivity index (χ2v) is 10.3. The molecular formula is C28H34ClFN4O. The molecule has 1 fully saturated rings. The minimum Gasteiger partial charge on any atom is -0.489 e. The van der Waals surface area contributed by atoms with E-state index in [2.05, 4.69) is 37.9 Å². The molecule has 1 aromatic carbocycles. The zero-order valence-electron chi connectivity index (χ0n) is 21.0. The fourth-order valence-corrected chi connectivity index (χ4v) is 4.71. The number of pyridine rings is 2. The molecule has 4 rings (SSSR count). The number of aromatic nitrogens is 2. The average molecular weight is 497 g/mol. The number of anilines is 2. The lowest BCUT2D eigenvalue weighted by atomic mass is 9.82. The second kappa shape index (κ2) is 10.8. The van der Waals surface area contributed by atoms with Crippen molar-refractivity contribution in [3.63, 3.8) is 0 Å². The lowest BCUT2D eigenvalue weighted by Gasteiger charge is -2.40. The number of hydrogen-bond donors (Lipinski definition) is 1. The van der Waals surface area contributed by atoms with Crippen LogP contribution in [0.2, 0.25) is 5.02 Å². The maximum atomic E-state index is 13.8. The minimum absolute atomic E-state index is 0.192. The summed E-state index contributed by atoms with van der Waals surface area (Å²) < 4.78 is 19.4. The average Bonchev–Trinajstić information content (AvgIpc) is 2.83. The van der Waals surface area contributed by atoms with Crippen molar-refractivity contribution in [2.75, 3.05) is 36.5 Å². The Kier molecular flexibility index (Phi) is 7.80. The van der Waals surface area contributed by atoms with E-state index in [0.29, 0.717) is 23.6 Å². The lowest BCUT2D eigenvalue weighted by Crippen LogP contribution is -2.38. The zero-order chi connectivity index (χ0) is 25.0. The number of piperidine rings is 1. The standard InChI is InChI=1S/C28H34ClFN4O/c1-5-22-19(2)32-18-23(27(22)34-13-10-28(3,4)11-14-34)25-8-7-21(17-33-25)31-12-15-35-26-9-6-20(29)16-24(26)30/h6-9,16-18,31H,5,10-15H2,1-4H3. The molecule has 0 bridgehead atoms. The highest BCUT2D eigenvalue weighted by Crippen LogP contribution is 2.39. The maximum absolute atomic E-state index is 13.8. The Morgan fingerprint density at radius 3 is 2.54 bits per heavy atom. The van der Waals surface area contributed by atoms with Crippen molar-refractivity contribution in [3.05, 3.63) is 64.8 Å². The van der Waals surface area contributed by atoms with Crippen molar-refractivity contribution in [1.29, 1.82) is 0 Å². The van der Waals surface area contributed by atoms with Crippen LogP contribution in [0.25, 0.3) is 11.3 Å². The molecule has 1 saturated heterocycles. The van der Waals surface area contributed by atoms with E-state index < -0.39 is 5.82 Å². The SMILES string of the molecule is CCc1c(C)ncc(-c2ccc(NCCOc3ccc(Cl)cc3F)cn2)c1N1CCC(C)(C)CC1. The van der Waals surface area contributed by atoms with E-state index in [9.17, 15) is 4.39 Å². The number of nitrogens with zero attached hydrogens (tertiary/aromatic N) is 3. The third-order valence-electron chi connectivity index (χ3n) is 6.77. The first-order valence-corrected chi connectivity index (χ1v) is 12.7. The fraction of sp³-hybridized carbons (Fsp3) is 0.429. The Labute approximate surface area is 212 Å². The van der Waals surface area contributed by atoms with Gasteiger partial charge in [0, 0.05) is 42.1 Å². The molecule has 5 nitrogen and oxygen atoms in total. The molecule has 0 saturated carbocycles. The van der Waals surface area contributed by atoms with E-state index in [1.54, 1.807) is 6.07 Å². The normalized spacial score (nSPS) is 15.2. The molecule has 1 aliphatic rings. The first-order valence-electron chi connectivity index (χ1n) is 12.3. The van der Waals surface area contributed by atoms with Gasteiger partial charge in [-0.25, -0.2) is 4.39 Å². The lowest BCUT2D eigenvalue weighted by molar-refractivity contribution is 0.279. The molecule has 0 amide bonds. The van der Waals surface area contributed by atoms with E-state index in [1.807, 2.05) is 24.5 Å². The van der Waals surface area contributed by atoms with Crippen molar-refractivity contribution in [2.45, 2.75) is 47.0 Å². The molecule has 35 heavy (non-hydrogen) atoms. The Morgan fingerprint density at radius 2 is 1.89 bits per heavy atom. The quantitative estimate of drug-likeness (QED) is 0.343. The van der Waals surface area contributed by atoms with Gasteiger partial charge < -0.3 is 15.0 Å². The first kappa shape index (κ1) is 25.2. The predicted molar refractivity (Wildman–Crippen MR) is 142 cm³/mol. The van der Waals surface area contributed by atoms with Crippen molar-refractivity contribution >= 4 is 23.0 Å². The maximum Gasteiger partial charge on any atom is 0.166 e. The summed E-state index contributed by atoms with van der Waals surface area (Å²) in [6.07, 6.45) is 7.08. The van der Waals surface area contributed by atoms with Crippen LogP contribution in [0.3, 0.4) is 0 Å². The molecular weight excluding hydrogens is 463 g/mol. The monoisotopic (exact) mass is 496 g/mol. The highest BCUT2D eigenvalue weighted by Gasteiger charge is 2.28. The molecule has 0 unspecified atom stereocenters. The van der Waals surface area contributed by atoms with Crippen LogP contribution in [0.15, 0.2) is 42.7 Å². The number of aryl methyl sites for hydroxylation is 1. The van der Waals surface area contributed by atoms with Gasteiger partial charge in [0.05, 0.1) is 23.3 Å². The van der Waals surface area contributed by atoms with Gasteiger partial charge >= 0.3 is 0 Å². The third kappa shape index (κ3) is 6.04. The van der Waals surface area contributed by atoms with Crippen molar-refractivity contribution in [3.8, 4) is 17.0 Å². The summed E-state index contributed by atoms with van der Waals surface area (Å²) in [7, 11) is 0. The number of rotatable bonds is 8. The van der Waals surface area contributed by atoms with Crippen LogP contribution in [0.1, 0.15) is 44.9 Å². The number of halogens is 2. The van der Waals surface area contributed by atoms with E-state index in [4.69, 9.17) is 26.3 Å². The van der Waals surface area contributed by atoms with Gasteiger partial charge in [0.15, 0.2) is 11.6 Å². The minimum atomic E-state index is -0.463. The Morgan fingerprint density at radius 1 is 1.11 bits per heavy atom. The van der Waals surface area contributed by atoms with Gasteiger partial charge in [0.2, 0.25) is 0 Å². The van der Waals surface area contributed by atoms with Gasteiger partial charge in [0.1, 0.15) is 6.61 Å². The smallest absolute Gasteiger partial charge is 0.166 e. The molecule has 1 N–H and O–H groups in total. The first-order chi connectivity index (χ1) is 16.8. The topological polar surface area (TPSA) is 50.3 Å². The largest absolute Gasteiger partial charge is 0.489 e. The number of benzene rings is 1. The van der Waals surface area contributed by atoms with Crippen LogP contribution in [-0.2, 0) is 6.42 Å². The number of nitrogens with one attached hydrogen (secondary N) is 1. The molecule has 1 aliphatic heterocycles. The van der Waals surface area contributed by atoms with Crippen LogP contribution in [-0.4, -0.2) is 36.2 Å². The summed E-state index contributed by atoms with van der Waals surface area (Å²) in [4.78, 5) is 12.0. The summed E-state index contributed by atoms with van der Waals surface area (Å²) in [6, 6.07) is 8.44. The van der Waals surface area contributed by atoms with E-state index in [0.717, 1.165) is 42.1 Å². The fourth-order valence-electron chi connectivity index (χ4n) is 4.55. The molecule has 3 aromatic rings. The Bertz CT molecular complexity index is 1160. The summed E-state index contributed by atoms with van der Waals surface area (Å²) in [5.74, 6) is -0.272. The van der Waals surface area contributed by atoms with Gasteiger partial charge in [-0.2, -0.15) is 0 Å². The summed E-state index contributed by atoms with van der Waals surface area (Å²) in [5.41, 5.74) is 6.94. The van der Waals surface area contributed by atoms with Gasteiger partial charge in [-0.1, -0.05) is 32.4 Å². The van der Waals surface area contributed by atoms with Crippen molar-refractivity contribution in [2.24, 2.45) is 5.41 Å². The summed E-state index contributed by atoms with van der Waals surface area (Å²) >= 11 is 5.78. The van der Waals surface area contributed by atoms with Crippen LogP contribution < -0.4 is 15.0 Å². The van der Waals surface area contributed by atoms with Crippen LogP contribution in [0.5, 0.6) is 5.75 Å². The Hall–Kier alpha value is -2.86. The molecule has 186 valence electrons. The van der Waals surface area contributed by atoms with Gasteiger partial charge in [-0.3, -0.25) is 9.97 Å². The number of hydrogen-bond acceptors (Lipinski definition) is 5. The van der Waals surface area contributed by atoms with E-state index in [1.165, 1.54) is 36.2 Å². The van der Waals surface area contributed by atoms with Gasteiger partial charge in [-0.05, 0) is 67.5 Å². The molecule has 7 heteroatoms. The van der Waals surface area contributed by atoms with E-state index >= 15 is 0 Å². The predicted octanol–water partition coefficient (Wildman–Crippen LogP) is 6.92. The van der Waals surface area contributed by atoms with Gasteiger partial charge in [0.25, 0.3) is 0 Å². The third-order valence-corrected chi connectivity index (χ3v) is 7.01. The second-order valence-electron chi connectivity index (χ2n) is 9.87. The zero-order valence-corrected chi connectivity index (χ0v) is 21.8. The molecule has 3 heterocycles. The molecule has 0 atom stereocenters. The molecule has 0 spiro atoms. The highest BCUT2D eigenvalue weighted by molar-refractivity contribution is 6.30. The van der Waals surface area contributed by atoms with E-state index in [-0.39, 0.29) is 5.75 Å². The summed E-state index contributed by atoms with van der Waals surface area (Å²) in [6.45, 7) is 11.9. The summed E-state index contributed by atoms with van der Waals surface area (Å²) in [5, 5.41) is 3.63. The van der Waals surface area contributed by atoms with Gasteiger partial charge in [-0.15, -0.1) is 0 Å². The van der Waals surface area contributed by atoms with Crippen molar-refractivity contribution in [1.82, 2.24) is 9.97 Å². The Balaban J connectivity index is 1.45. The molecule has 0 aliphatic carbocycles. The number of ether oxygens (including phenoxy) is 1. The molecule has 2 aromatic heterocycles. The van der Waals surface area contributed by atoms with Crippen molar-refractivity contribution < 1.29 is 9.13 Å². The highest BCUT2D eigenvalue weighted by atomic mass is 35.5. The molecule has 0 radical (unpaired) electrons. The van der Waals surface area contributed by atoms with Crippen LogP contribution in [0, 0.1) is 18.2 Å². The van der Waals surface area contributed by atoms with Crippen LogP contribution in [0.4, 0.5) is 15.8 Å².